The highest BCUT2D eigenvalue weighted by atomic mass is 32.1. The van der Waals surface area contributed by atoms with Crippen molar-refractivity contribution in [2.75, 3.05) is 0 Å². The van der Waals surface area contributed by atoms with Gasteiger partial charge in [-0.3, -0.25) is 4.79 Å². The van der Waals surface area contributed by atoms with Crippen LogP contribution in [0.5, 0.6) is 0 Å². The van der Waals surface area contributed by atoms with Crippen molar-refractivity contribution in [1.29, 1.82) is 0 Å². The molecular weight excluding hydrogens is 168 g/mol. The van der Waals surface area contributed by atoms with Crippen molar-refractivity contribution in [3.05, 3.63) is 22.4 Å². The Balaban J connectivity index is 2.13. The van der Waals surface area contributed by atoms with Crippen LogP contribution in [0, 0.1) is 5.92 Å². The van der Waals surface area contributed by atoms with Crippen LogP contribution in [-0.4, -0.2) is 5.78 Å². The van der Waals surface area contributed by atoms with Gasteiger partial charge >= 0.3 is 0 Å². The zero-order valence-electron chi connectivity index (χ0n) is 7.12. The Morgan fingerprint density at radius 1 is 1.67 bits per heavy atom. The largest absolute Gasteiger partial charge is 0.299 e. The summed E-state index contributed by atoms with van der Waals surface area (Å²) in [7, 11) is 0. The summed E-state index contributed by atoms with van der Waals surface area (Å²) in [5.41, 5.74) is 0. The van der Waals surface area contributed by atoms with E-state index in [4.69, 9.17) is 0 Å². The van der Waals surface area contributed by atoms with E-state index in [-0.39, 0.29) is 0 Å². The molecule has 1 aliphatic rings. The lowest BCUT2D eigenvalue weighted by atomic mass is 9.70. The molecule has 1 heterocycles. The van der Waals surface area contributed by atoms with Crippen LogP contribution >= 0.6 is 11.3 Å². The molecule has 0 N–H and O–H groups in total. The fourth-order valence-corrected chi connectivity index (χ4v) is 2.78. The third kappa shape index (κ3) is 1.11. The predicted octanol–water partition coefficient (Wildman–Crippen LogP) is 2.83. The number of rotatable bonds is 2. The SMILES string of the molecule is CCC1C(=O)CC1c1cccs1. The minimum absolute atomic E-state index is 0.323. The number of hydrogen-bond acceptors (Lipinski definition) is 2. The first kappa shape index (κ1) is 7.99. The number of ketones is 1. The number of Topliss-reactive ketones (excluding diaryl/α,β-unsaturated/α-hetero) is 1. The monoisotopic (exact) mass is 180 g/mol. The summed E-state index contributed by atoms with van der Waals surface area (Å²) < 4.78 is 0. The van der Waals surface area contributed by atoms with Crippen LogP contribution in [0.3, 0.4) is 0 Å². The molecular formula is C10H12OS. The summed E-state index contributed by atoms with van der Waals surface area (Å²) in [4.78, 5) is 12.6. The van der Waals surface area contributed by atoms with Crippen molar-refractivity contribution >= 4 is 17.1 Å². The maximum absolute atomic E-state index is 11.2. The van der Waals surface area contributed by atoms with Crippen molar-refractivity contribution in [1.82, 2.24) is 0 Å². The van der Waals surface area contributed by atoms with E-state index in [2.05, 4.69) is 24.4 Å². The molecule has 1 aromatic rings. The van der Waals surface area contributed by atoms with Crippen LogP contribution in [0.2, 0.25) is 0 Å². The van der Waals surface area contributed by atoms with Gasteiger partial charge in [-0.1, -0.05) is 13.0 Å². The minimum Gasteiger partial charge on any atom is -0.299 e. The molecule has 1 aliphatic carbocycles. The van der Waals surface area contributed by atoms with Crippen molar-refractivity contribution in [2.45, 2.75) is 25.7 Å². The molecule has 0 aliphatic heterocycles. The van der Waals surface area contributed by atoms with E-state index in [9.17, 15) is 4.79 Å². The second-order valence-electron chi connectivity index (χ2n) is 3.31. The fraction of sp³-hybridized carbons (Fsp3) is 0.500. The summed E-state index contributed by atoms with van der Waals surface area (Å²) in [5.74, 6) is 1.32. The molecule has 0 aromatic carbocycles. The maximum Gasteiger partial charge on any atom is 0.137 e. The minimum atomic E-state index is 0.323. The van der Waals surface area contributed by atoms with Gasteiger partial charge in [-0.25, -0.2) is 0 Å². The topological polar surface area (TPSA) is 17.1 Å². The van der Waals surface area contributed by atoms with Gasteiger partial charge in [0.25, 0.3) is 0 Å². The third-order valence-corrected chi connectivity index (χ3v) is 3.67. The second kappa shape index (κ2) is 3.02. The molecule has 0 spiro atoms. The normalized spacial score (nSPS) is 28.6. The quantitative estimate of drug-likeness (QED) is 0.684. The molecule has 0 bridgehead atoms. The predicted molar refractivity (Wildman–Crippen MR) is 50.5 cm³/mol. The first-order chi connectivity index (χ1) is 5.83. The van der Waals surface area contributed by atoms with Crippen LogP contribution in [0.25, 0.3) is 0 Å². The summed E-state index contributed by atoms with van der Waals surface area (Å²) in [5, 5.41) is 2.09. The smallest absolute Gasteiger partial charge is 0.137 e. The van der Waals surface area contributed by atoms with E-state index in [1.807, 2.05) is 0 Å². The van der Waals surface area contributed by atoms with Crippen LogP contribution < -0.4 is 0 Å². The molecule has 1 saturated carbocycles. The Morgan fingerprint density at radius 2 is 2.50 bits per heavy atom. The Hall–Kier alpha value is -0.630. The van der Waals surface area contributed by atoms with E-state index in [1.54, 1.807) is 11.3 Å². The molecule has 2 rings (SSSR count). The fourth-order valence-electron chi connectivity index (χ4n) is 1.89. The zero-order chi connectivity index (χ0) is 8.55. The average Bonchev–Trinajstić information content (AvgIpc) is 2.52. The van der Waals surface area contributed by atoms with E-state index in [0.717, 1.165) is 12.8 Å². The van der Waals surface area contributed by atoms with E-state index >= 15 is 0 Å². The van der Waals surface area contributed by atoms with Gasteiger partial charge in [-0.05, 0) is 17.9 Å². The van der Waals surface area contributed by atoms with Gasteiger partial charge < -0.3 is 0 Å². The van der Waals surface area contributed by atoms with Crippen LogP contribution in [0.4, 0.5) is 0 Å². The summed E-state index contributed by atoms with van der Waals surface area (Å²) in [6.45, 7) is 2.10. The van der Waals surface area contributed by atoms with Gasteiger partial charge in [0.1, 0.15) is 5.78 Å². The Bertz CT molecular complexity index is 276. The number of thiophene rings is 1. The van der Waals surface area contributed by atoms with Crippen LogP contribution in [-0.2, 0) is 4.79 Å². The molecule has 2 atom stereocenters. The number of hydrogen-bond donors (Lipinski definition) is 0. The zero-order valence-corrected chi connectivity index (χ0v) is 7.93. The molecule has 12 heavy (non-hydrogen) atoms. The highest BCUT2D eigenvalue weighted by Crippen LogP contribution is 2.42. The maximum atomic E-state index is 11.2. The lowest BCUT2D eigenvalue weighted by Gasteiger charge is -2.33. The summed E-state index contributed by atoms with van der Waals surface area (Å²) in [6.07, 6.45) is 1.78. The highest BCUT2D eigenvalue weighted by molar-refractivity contribution is 7.10. The molecule has 0 radical (unpaired) electrons. The Kier molecular flexibility index (Phi) is 2.01. The van der Waals surface area contributed by atoms with E-state index in [0.29, 0.717) is 17.6 Å². The average molecular weight is 180 g/mol. The van der Waals surface area contributed by atoms with Crippen molar-refractivity contribution in [3.8, 4) is 0 Å². The van der Waals surface area contributed by atoms with Gasteiger partial charge in [0.15, 0.2) is 0 Å². The summed E-state index contributed by atoms with van der Waals surface area (Å²) >= 11 is 1.78. The van der Waals surface area contributed by atoms with Gasteiger partial charge in [-0.2, -0.15) is 0 Å². The van der Waals surface area contributed by atoms with Gasteiger partial charge in [-0.15, -0.1) is 11.3 Å². The van der Waals surface area contributed by atoms with E-state index < -0.39 is 0 Å². The lowest BCUT2D eigenvalue weighted by Crippen LogP contribution is -2.34. The molecule has 1 fully saturated rings. The van der Waals surface area contributed by atoms with Gasteiger partial charge in [0, 0.05) is 23.1 Å². The highest BCUT2D eigenvalue weighted by Gasteiger charge is 2.39. The van der Waals surface area contributed by atoms with Crippen molar-refractivity contribution < 1.29 is 4.79 Å². The molecule has 2 heteroatoms. The molecule has 64 valence electrons. The Labute approximate surface area is 76.4 Å². The Morgan fingerprint density at radius 3 is 3.00 bits per heavy atom. The van der Waals surface area contributed by atoms with Gasteiger partial charge in [0.2, 0.25) is 0 Å². The van der Waals surface area contributed by atoms with Crippen LogP contribution in [0.1, 0.15) is 30.6 Å². The standard InChI is InChI=1S/C10H12OS/c1-2-7-8(6-9(7)11)10-4-3-5-12-10/h3-5,7-8H,2,6H2,1H3. The lowest BCUT2D eigenvalue weighted by molar-refractivity contribution is -0.130. The molecule has 0 saturated heterocycles. The molecule has 1 aromatic heterocycles. The first-order valence-corrected chi connectivity index (χ1v) is 5.27. The van der Waals surface area contributed by atoms with E-state index in [1.165, 1.54) is 4.88 Å². The molecule has 0 amide bonds. The second-order valence-corrected chi connectivity index (χ2v) is 4.29. The number of carbonyl (C=O) groups is 1. The number of carbonyl (C=O) groups excluding carboxylic acids is 1. The van der Waals surface area contributed by atoms with Gasteiger partial charge in [0.05, 0.1) is 0 Å². The van der Waals surface area contributed by atoms with Crippen LogP contribution in [0.15, 0.2) is 17.5 Å². The molecule has 2 unspecified atom stereocenters. The molecule has 1 nitrogen and oxygen atoms in total. The van der Waals surface area contributed by atoms with Crippen molar-refractivity contribution in [2.24, 2.45) is 5.92 Å². The first-order valence-electron chi connectivity index (χ1n) is 4.39. The van der Waals surface area contributed by atoms with Crippen molar-refractivity contribution in [3.63, 3.8) is 0 Å². The third-order valence-electron chi connectivity index (χ3n) is 2.67. The summed E-state index contributed by atoms with van der Waals surface area (Å²) in [6, 6.07) is 4.21.